The van der Waals surface area contributed by atoms with Gasteiger partial charge in [-0.3, -0.25) is 4.79 Å². The summed E-state index contributed by atoms with van der Waals surface area (Å²) in [5.41, 5.74) is 1.12. The van der Waals surface area contributed by atoms with Crippen molar-refractivity contribution in [1.29, 1.82) is 0 Å². The number of aryl methyl sites for hydroxylation is 1. The van der Waals surface area contributed by atoms with Crippen molar-refractivity contribution in [2.24, 2.45) is 0 Å². The zero-order valence-electron chi connectivity index (χ0n) is 13.1. The predicted molar refractivity (Wildman–Crippen MR) is 85.1 cm³/mol. The first kappa shape index (κ1) is 15.4. The summed E-state index contributed by atoms with van der Waals surface area (Å²) >= 11 is 0. The monoisotopic (exact) mass is 312 g/mol. The Morgan fingerprint density at radius 1 is 1.13 bits per heavy atom. The van der Waals surface area contributed by atoms with Crippen LogP contribution in [-0.4, -0.2) is 33.0 Å². The Morgan fingerprint density at radius 3 is 2.52 bits per heavy atom. The standard InChI is InChI=1S/C17H20N4O2/c1-12-3-8-15(20-11-12)23-14-6-4-13(5-7-14)21-17(22)16-18-9-2-10-19-16/h2-3,8-11,13-14H,4-7H2,1H3,(H,21,22). The Labute approximate surface area is 135 Å². The van der Waals surface area contributed by atoms with Gasteiger partial charge in [0, 0.05) is 30.7 Å². The van der Waals surface area contributed by atoms with Crippen molar-refractivity contribution >= 4 is 5.91 Å². The minimum Gasteiger partial charge on any atom is -0.474 e. The highest BCUT2D eigenvalue weighted by atomic mass is 16.5. The molecule has 0 bridgehead atoms. The van der Waals surface area contributed by atoms with Gasteiger partial charge in [-0.2, -0.15) is 0 Å². The van der Waals surface area contributed by atoms with E-state index in [9.17, 15) is 4.79 Å². The highest BCUT2D eigenvalue weighted by molar-refractivity contribution is 5.90. The number of nitrogens with zero attached hydrogens (tertiary/aromatic N) is 3. The number of pyridine rings is 1. The van der Waals surface area contributed by atoms with Gasteiger partial charge in [-0.1, -0.05) is 6.07 Å². The number of rotatable bonds is 4. The number of hydrogen-bond donors (Lipinski definition) is 1. The van der Waals surface area contributed by atoms with Gasteiger partial charge in [0.05, 0.1) is 0 Å². The number of hydrogen-bond acceptors (Lipinski definition) is 5. The SMILES string of the molecule is Cc1ccc(OC2CCC(NC(=O)c3ncccn3)CC2)nc1. The molecule has 1 amide bonds. The van der Waals surface area contributed by atoms with E-state index in [1.165, 1.54) is 0 Å². The molecule has 1 aliphatic rings. The third-order valence-corrected chi connectivity index (χ3v) is 3.95. The van der Waals surface area contributed by atoms with Gasteiger partial charge in [0.15, 0.2) is 0 Å². The molecule has 1 fully saturated rings. The lowest BCUT2D eigenvalue weighted by Gasteiger charge is -2.29. The maximum Gasteiger partial charge on any atom is 0.289 e. The lowest BCUT2D eigenvalue weighted by Crippen LogP contribution is -2.40. The average molecular weight is 312 g/mol. The molecule has 120 valence electrons. The van der Waals surface area contributed by atoms with Gasteiger partial charge in [-0.15, -0.1) is 0 Å². The Kier molecular flexibility index (Phi) is 4.80. The molecule has 1 saturated carbocycles. The summed E-state index contributed by atoms with van der Waals surface area (Å²) in [4.78, 5) is 24.2. The molecule has 2 aromatic rings. The van der Waals surface area contributed by atoms with E-state index in [4.69, 9.17) is 4.74 Å². The van der Waals surface area contributed by atoms with Gasteiger partial charge >= 0.3 is 0 Å². The molecule has 3 rings (SSSR count). The maximum absolute atomic E-state index is 12.0. The molecule has 0 saturated heterocycles. The van der Waals surface area contributed by atoms with Crippen LogP contribution in [0.2, 0.25) is 0 Å². The molecule has 0 aromatic carbocycles. The largest absolute Gasteiger partial charge is 0.474 e. The highest BCUT2D eigenvalue weighted by Crippen LogP contribution is 2.23. The molecule has 0 spiro atoms. The van der Waals surface area contributed by atoms with Gasteiger partial charge in [-0.25, -0.2) is 15.0 Å². The van der Waals surface area contributed by atoms with Gasteiger partial charge in [0.25, 0.3) is 5.91 Å². The third kappa shape index (κ3) is 4.25. The molecule has 1 N–H and O–H groups in total. The number of amides is 1. The van der Waals surface area contributed by atoms with E-state index in [-0.39, 0.29) is 23.9 Å². The number of nitrogens with one attached hydrogen (secondary N) is 1. The van der Waals surface area contributed by atoms with E-state index in [1.807, 2.05) is 19.1 Å². The van der Waals surface area contributed by atoms with Crippen molar-refractivity contribution in [3.8, 4) is 5.88 Å². The van der Waals surface area contributed by atoms with Crippen molar-refractivity contribution in [1.82, 2.24) is 20.3 Å². The Morgan fingerprint density at radius 2 is 1.87 bits per heavy atom. The summed E-state index contributed by atoms with van der Waals surface area (Å²) in [7, 11) is 0. The van der Waals surface area contributed by atoms with Crippen LogP contribution in [0.15, 0.2) is 36.8 Å². The summed E-state index contributed by atoms with van der Waals surface area (Å²) in [5.74, 6) is 0.672. The zero-order chi connectivity index (χ0) is 16.1. The molecule has 0 radical (unpaired) electrons. The fourth-order valence-electron chi connectivity index (χ4n) is 2.69. The van der Waals surface area contributed by atoms with Crippen LogP contribution in [0.25, 0.3) is 0 Å². The van der Waals surface area contributed by atoms with Gasteiger partial charge in [0.1, 0.15) is 6.10 Å². The molecular formula is C17H20N4O2. The minimum absolute atomic E-state index is 0.150. The number of aromatic nitrogens is 3. The Hall–Kier alpha value is -2.50. The van der Waals surface area contributed by atoms with Crippen LogP contribution in [-0.2, 0) is 0 Å². The van der Waals surface area contributed by atoms with Crippen LogP contribution in [0.5, 0.6) is 5.88 Å². The first-order valence-corrected chi connectivity index (χ1v) is 7.88. The highest BCUT2D eigenvalue weighted by Gasteiger charge is 2.24. The van der Waals surface area contributed by atoms with Crippen LogP contribution in [0.4, 0.5) is 0 Å². The van der Waals surface area contributed by atoms with Crippen molar-refractivity contribution in [3.05, 3.63) is 48.2 Å². The second-order valence-corrected chi connectivity index (χ2v) is 5.81. The van der Waals surface area contributed by atoms with Crippen molar-refractivity contribution in [2.45, 2.75) is 44.8 Å². The van der Waals surface area contributed by atoms with E-state index < -0.39 is 0 Å². The molecule has 6 nitrogen and oxygen atoms in total. The number of carbonyl (C=O) groups is 1. The lowest BCUT2D eigenvalue weighted by atomic mass is 9.93. The normalized spacial score (nSPS) is 20.7. The first-order chi connectivity index (χ1) is 11.2. The number of carbonyl (C=O) groups excluding carboxylic acids is 1. The Bertz CT molecular complexity index is 637. The molecule has 0 aliphatic heterocycles. The van der Waals surface area contributed by atoms with Crippen LogP contribution in [0.3, 0.4) is 0 Å². The van der Waals surface area contributed by atoms with Crippen molar-refractivity contribution < 1.29 is 9.53 Å². The van der Waals surface area contributed by atoms with Crippen LogP contribution < -0.4 is 10.1 Å². The Balaban J connectivity index is 1.47. The van der Waals surface area contributed by atoms with Gasteiger partial charge < -0.3 is 10.1 Å². The molecular weight excluding hydrogens is 292 g/mol. The summed E-state index contributed by atoms with van der Waals surface area (Å²) in [6.45, 7) is 2.00. The molecule has 2 aromatic heterocycles. The van der Waals surface area contributed by atoms with Gasteiger partial charge in [0.2, 0.25) is 11.7 Å². The molecule has 2 heterocycles. The van der Waals surface area contributed by atoms with Crippen molar-refractivity contribution in [3.63, 3.8) is 0 Å². The first-order valence-electron chi connectivity index (χ1n) is 7.88. The third-order valence-electron chi connectivity index (χ3n) is 3.95. The van der Waals surface area contributed by atoms with E-state index in [0.29, 0.717) is 5.88 Å². The summed E-state index contributed by atoms with van der Waals surface area (Å²) in [5, 5.41) is 2.99. The molecule has 1 aliphatic carbocycles. The van der Waals surface area contributed by atoms with E-state index in [1.54, 1.807) is 24.7 Å². The fourth-order valence-corrected chi connectivity index (χ4v) is 2.69. The van der Waals surface area contributed by atoms with E-state index >= 15 is 0 Å². The quantitative estimate of drug-likeness (QED) is 0.937. The summed E-state index contributed by atoms with van der Waals surface area (Å²) in [6.07, 6.45) is 8.67. The summed E-state index contributed by atoms with van der Waals surface area (Å²) < 4.78 is 5.90. The maximum atomic E-state index is 12.0. The smallest absolute Gasteiger partial charge is 0.289 e. The second kappa shape index (κ2) is 7.17. The molecule has 0 unspecified atom stereocenters. The van der Waals surface area contributed by atoms with Crippen LogP contribution in [0, 0.1) is 6.92 Å². The average Bonchev–Trinajstić information content (AvgIpc) is 2.59. The predicted octanol–water partition coefficient (Wildman–Crippen LogP) is 2.30. The number of ether oxygens (including phenoxy) is 1. The van der Waals surface area contributed by atoms with E-state index in [0.717, 1.165) is 31.2 Å². The van der Waals surface area contributed by atoms with E-state index in [2.05, 4.69) is 20.3 Å². The van der Waals surface area contributed by atoms with Crippen LogP contribution in [0.1, 0.15) is 41.9 Å². The lowest BCUT2D eigenvalue weighted by molar-refractivity contribution is 0.0880. The molecule has 23 heavy (non-hydrogen) atoms. The topological polar surface area (TPSA) is 77.0 Å². The summed E-state index contributed by atoms with van der Waals surface area (Å²) in [6, 6.07) is 5.74. The molecule has 6 heteroatoms. The van der Waals surface area contributed by atoms with Gasteiger partial charge in [-0.05, 0) is 44.2 Å². The van der Waals surface area contributed by atoms with Crippen molar-refractivity contribution in [2.75, 3.05) is 0 Å². The van der Waals surface area contributed by atoms with Crippen LogP contribution >= 0.6 is 0 Å². The zero-order valence-corrected chi connectivity index (χ0v) is 13.1. The molecule has 0 atom stereocenters. The second-order valence-electron chi connectivity index (χ2n) is 5.81. The fraction of sp³-hybridized carbons (Fsp3) is 0.412. The minimum atomic E-state index is -0.213.